The Balaban J connectivity index is 1.69. The average Bonchev–Trinajstić information content (AvgIpc) is 2.79. The van der Waals surface area contributed by atoms with Crippen molar-refractivity contribution >= 4 is 40.2 Å². The molecule has 2 N–H and O–H groups in total. The lowest BCUT2D eigenvalue weighted by atomic mass is 10.1. The number of thioether (sulfide) groups is 1. The van der Waals surface area contributed by atoms with Crippen LogP contribution in [0.25, 0.3) is 22.2 Å². The standard InChI is InChI=1S/C21H18FN7O2S/c1-11-17(9-23-10-25-11)27-20(31)26-16-7-12(4-5-15(16)22)14-6-13-8-24-21(32-3)28-18(13)29(2)19(14)30/h4-10H,1-3H3,(H2,26,27,31). The van der Waals surface area contributed by atoms with E-state index in [0.717, 1.165) is 0 Å². The van der Waals surface area contributed by atoms with Crippen LogP contribution < -0.4 is 16.2 Å². The third-order valence-corrected chi connectivity index (χ3v) is 5.36. The predicted molar refractivity (Wildman–Crippen MR) is 121 cm³/mol. The minimum Gasteiger partial charge on any atom is -0.305 e. The molecule has 11 heteroatoms. The first-order valence-electron chi connectivity index (χ1n) is 9.42. The molecule has 0 unspecified atom stereocenters. The molecule has 2 amide bonds. The van der Waals surface area contributed by atoms with Crippen LogP contribution in [-0.4, -0.2) is 36.8 Å². The largest absolute Gasteiger partial charge is 0.323 e. The Kier molecular flexibility index (Phi) is 5.82. The highest BCUT2D eigenvalue weighted by molar-refractivity contribution is 7.98. The number of fused-ring (bicyclic) bond motifs is 1. The molecular formula is C21H18FN7O2S. The highest BCUT2D eigenvalue weighted by atomic mass is 32.2. The summed E-state index contributed by atoms with van der Waals surface area (Å²) in [6, 6.07) is 5.07. The Morgan fingerprint density at radius 2 is 1.91 bits per heavy atom. The zero-order valence-corrected chi connectivity index (χ0v) is 18.2. The van der Waals surface area contributed by atoms with Crippen molar-refractivity contribution in [2.24, 2.45) is 7.05 Å². The second kappa shape index (κ2) is 8.71. The summed E-state index contributed by atoms with van der Waals surface area (Å²) in [6.07, 6.45) is 6.29. The number of amides is 2. The minimum atomic E-state index is -0.664. The first-order valence-corrected chi connectivity index (χ1v) is 10.6. The van der Waals surface area contributed by atoms with Gasteiger partial charge in [-0.25, -0.2) is 29.1 Å². The van der Waals surface area contributed by atoms with Gasteiger partial charge in [-0.3, -0.25) is 9.36 Å². The Bertz CT molecular complexity index is 1410. The third kappa shape index (κ3) is 4.14. The molecule has 0 radical (unpaired) electrons. The summed E-state index contributed by atoms with van der Waals surface area (Å²) in [4.78, 5) is 41.8. The summed E-state index contributed by atoms with van der Waals surface area (Å²) in [5.74, 6) is -0.643. The zero-order valence-electron chi connectivity index (χ0n) is 17.4. The molecule has 0 aliphatic heterocycles. The third-order valence-electron chi connectivity index (χ3n) is 4.79. The van der Waals surface area contributed by atoms with Crippen molar-refractivity contribution in [1.82, 2.24) is 24.5 Å². The molecule has 32 heavy (non-hydrogen) atoms. The molecule has 0 fully saturated rings. The van der Waals surface area contributed by atoms with Gasteiger partial charge in [0.2, 0.25) is 0 Å². The van der Waals surface area contributed by atoms with Gasteiger partial charge in [-0.05, 0) is 36.9 Å². The first-order chi connectivity index (χ1) is 15.4. The number of hydrogen-bond acceptors (Lipinski definition) is 7. The SMILES string of the molecule is CSc1ncc2cc(-c3ccc(F)c(NC(=O)Nc4cncnc4C)c3)c(=O)n(C)c2n1. The molecule has 0 bridgehead atoms. The Morgan fingerprint density at radius 3 is 2.66 bits per heavy atom. The number of nitrogens with zero attached hydrogens (tertiary/aromatic N) is 5. The second-order valence-corrected chi connectivity index (χ2v) is 7.63. The van der Waals surface area contributed by atoms with E-state index in [1.54, 1.807) is 26.2 Å². The van der Waals surface area contributed by atoms with Gasteiger partial charge >= 0.3 is 6.03 Å². The summed E-state index contributed by atoms with van der Waals surface area (Å²) in [7, 11) is 1.62. The van der Waals surface area contributed by atoms with E-state index in [9.17, 15) is 14.0 Å². The van der Waals surface area contributed by atoms with Crippen LogP contribution in [0.15, 0.2) is 52.9 Å². The monoisotopic (exact) mass is 451 g/mol. The van der Waals surface area contributed by atoms with Gasteiger partial charge in [-0.2, -0.15) is 0 Å². The molecule has 0 aliphatic rings. The van der Waals surface area contributed by atoms with Crippen LogP contribution in [0.4, 0.5) is 20.6 Å². The van der Waals surface area contributed by atoms with E-state index in [2.05, 4.69) is 30.6 Å². The number of anilines is 2. The number of benzene rings is 1. The van der Waals surface area contributed by atoms with Gasteiger partial charge < -0.3 is 10.6 Å². The lowest BCUT2D eigenvalue weighted by Gasteiger charge is -2.12. The maximum absolute atomic E-state index is 14.4. The van der Waals surface area contributed by atoms with Gasteiger partial charge in [0.15, 0.2) is 5.16 Å². The maximum atomic E-state index is 14.4. The van der Waals surface area contributed by atoms with E-state index in [1.165, 1.54) is 47.1 Å². The molecule has 0 aliphatic carbocycles. The quantitative estimate of drug-likeness (QED) is 0.360. The van der Waals surface area contributed by atoms with E-state index in [1.807, 2.05) is 6.26 Å². The van der Waals surface area contributed by atoms with Crippen molar-refractivity contribution in [3.05, 3.63) is 64.9 Å². The van der Waals surface area contributed by atoms with Crippen LogP contribution in [0, 0.1) is 12.7 Å². The first kappa shape index (κ1) is 21.4. The molecule has 0 saturated carbocycles. The van der Waals surface area contributed by atoms with Crippen LogP contribution in [0.1, 0.15) is 5.69 Å². The van der Waals surface area contributed by atoms with Crippen molar-refractivity contribution in [2.75, 3.05) is 16.9 Å². The molecule has 0 spiro atoms. The van der Waals surface area contributed by atoms with Crippen molar-refractivity contribution in [1.29, 1.82) is 0 Å². The number of carbonyl (C=O) groups is 1. The van der Waals surface area contributed by atoms with Gasteiger partial charge in [0.25, 0.3) is 5.56 Å². The molecule has 0 atom stereocenters. The summed E-state index contributed by atoms with van der Waals surface area (Å²) in [5, 5.41) is 6.26. The van der Waals surface area contributed by atoms with Gasteiger partial charge in [-0.15, -0.1) is 0 Å². The molecule has 4 rings (SSSR count). The normalized spacial score (nSPS) is 10.9. The van der Waals surface area contributed by atoms with E-state index in [-0.39, 0.29) is 11.2 Å². The fourth-order valence-corrected chi connectivity index (χ4v) is 3.45. The van der Waals surface area contributed by atoms with Gasteiger partial charge in [-0.1, -0.05) is 17.8 Å². The van der Waals surface area contributed by atoms with E-state index in [4.69, 9.17) is 0 Å². The lowest BCUT2D eigenvalue weighted by molar-refractivity contribution is 0.262. The average molecular weight is 451 g/mol. The predicted octanol–water partition coefficient (Wildman–Crippen LogP) is 3.60. The van der Waals surface area contributed by atoms with Crippen LogP contribution >= 0.6 is 11.8 Å². The van der Waals surface area contributed by atoms with Gasteiger partial charge in [0.1, 0.15) is 17.8 Å². The minimum absolute atomic E-state index is 0.0781. The highest BCUT2D eigenvalue weighted by Gasteiger charge is 2.15. The molecule has 9 nitrogen and oxygen atoms in total. The number of nitrogens with one attached hydrogen (secondary N) is 2. The Labute approximate surface area is 186 Å². The Morgan fingerprint density at radius 1 is 1.12 bits per heavy atom. The summed E-state index contributed by atoms with van der Waals surface area (Å²) in [6.45, 7) is 1.71. The Hall–Kier alpha value is -3.86. The molecule has 0 saturated heterocycles. The van der Waals surface area contributed by atoms with Crippen molar-refractivity contribution in [3.8, 4) is 11.1 Å². The lowest BCUT2D eigenvalue weighted by Crippen LogP contribution is -2.22. The van der Waals surface area contributed by atoms with Crippen molar-refractivity contribution in [3.63, 3.8) is 0 Å². The number of hydrogen-bond donors (Lipinski definition) is 2. The number of aryl methyl sites for hydroxylation is 2. The fourth-order valence-electron chi connectivity index (χ4n) is 3.11. The number of halogens is 1. The summed E-state index contributed by atoms with van der Waals surface area (Å²) >= 11 is 1.38. The molecular weight excluding hydrogens is 433 g/mol. The van der Waals surface area contributed by atoms with Gasteiger partial charge in [0.05, 0.1) is 23.3 Å². The summed E-state index contributed by atoms with van der Waals surface area (Å²) < 4.78 is 15.8. The molecule has 3 aromatic heterocycles. The number of rotatable bonds is 4. The number of pyridine rings is 1. The zero-order chi connectivity index (χ0) is 22.8. The maximum Gasteiger partial charge on any atom is 0.323 e. The number of carbonyl (C=O) groups excluding carboxylic acids is 1. The van der Waals surface area contributed by atoms with Crippen LogP contribution in [0.2, 0.25) is 0 Å². The van der Waals surface area contributed by atoms with Crippen molar-refractivity contribution in [2.45, 2.75) is 12.1 Å². The topological polar surface area (TPSA) is 115 Å². The molecule has 4 aromatic rings. The van der Waals surface area contributed by atoms with Gasteiger partial charge in [0, 0.05) is 24.2 Å². The van der Waals surface area contributed by atoms with E-state index >= 15 is 0 Å². The van der Waals surface area contributed by atoms with E-state index in [0.29, 0.717) is 38.7 Å². The molecule has 3 heterocycles. The smallest absolute Gasteiger partial charge is 0.305 e. The van der Waals surface area contributed by atoms with Crippen molar-refractivity contribution < 1.29 is 9.18 Å². The van der Waals surface area contributed by atoms with Crippen LogP contribution in [0.5, 0.6) is 0 Å². The number of urea groups is 1. The summed E-state index contributed by atoms with van der Waals surface area (Å²) in [5.41, 5.74) is 1.85. The van der Waals surface area contributed by atoms with E-state index < -0.39 is 11.8 Å². The molecule has 1 aromatic carbocycles. The molecule has 162 valence electrons. The number of aromatic nitrogens is 5. The fraction of sp³-hybridized carbons (Fsp3) is 0.143. The highest BCUT2D eigenvalue weighted by Crippen LogP contribution is 2.25. The second-order valence-electron chi connectivity index (χ2n) is 6.85. The van der Waals surface area contributed by atoms with Crippen LogP contribution in [-0.2, 0) is 7.05 Å². The van der Waals surface area contributed by atoms with Crippen LogP contribution in [0.3, 0.4) is 0 Å².